The molecule has 0 saturated heterocycles. The molecule has 0 aliphatic heterocycles. The minimum absolute atomic E-state index is 0.292. The average molecular weight is 341 g/mol. The van der Waals surface area contributed by atoms with Gasteiger partial charge in [0.2, 0.25) is 0 Å². The lowest BCUT2D eigenvalue weighted by atomic mass is 9.91. The third-order valence-electron chi connectivity index (χ3n) is 4.27. The fourth-order valence-electron chi connectivity index (χ4n) is 2.90. The van der Waals surface area contributed by atoms with Gasteiger partial charge in [-0.05, 0) is 67.6 Å². The van der Waals surface area contributed by atoms with E-state index in [1.54, 1.807) is 0 Å². The lowest BCUT2D eigenvalue weighted by molar-refractivity contribution is 0.315. The zero-order valence-corrected chi connectivity index (χ0v) is 15.8. The van der Waals surface area contributed by atoms with Crippen molar-refractivity contribution in [3.63, 3.8) is 0 Å². The first-order valence-electron chi connectivity index (χ1n) is 9.33. The first-order valence-corrected chi connectivity index (χ1v) is 9.33. The number of nitrogens with two attached hydrogens (primary N) is 1. The Hall–Kier alpha value is -2.00. The van der Waals surface area contributed by atoms with E-state index in [2.05, 4.69) is 57.2 Å². The Morgan fingerprint density at radius 3 is 2.40 bits per heavy atom. The summed E-state index contributed by atoms with van der Waals surface area (Å²) < 4.78 is 11.5. The molecule has 136 valence electrons. The van der Waals surface area contributed by atoms with Crippen molar-refractivity contribution in [1.29, 1.82) is 0 Å². The van der Waals surface area contributed by atoms with Crippen LogP contribution in [0.2, 0.25) is 0 Å². The maximum atomic E-state index is 6.08. The van der Waals surface area contributed by atoms with E-state index >= 15 is 0 Å². The lowest BCUT2D eigenvalue weighted by Crippen LogP contribution is -2.15. The lowest BCUT2D eigenvalue weighted by Gasteiger charge is -2.18. The average Bonchev–Trinajstić information content (AvgIpc) is 2.63. The molecule has 0 radical (unpaired) electrons. The first-order chi connectivity index (χ1) is 12.2. The van der Waals surface area contributed by atoms with E-state index in [0.29, 0.717) is 12.5 Å². The molecule has 0 saturated carbocycles. The Morgan fingerprint density at radius 1 is 0.960 bits per heavy atom. The van der Waals surface area contributed by atoms with Crippen LogP contribution in [0.5, 0.6) is 11.5 Å². The van der Waals surface area contributed by atoms with Gasteiger partial charge in [0.05, 0.1) is 13.2 Å². The molecule has 1 atom stereocenters. The minimum Gasteiger partial charge on any atom is -0.494 e. The molecule has 0 aliphatic carbocycles. The molecule has 2 rings (SSSR count). The second kappa shape index (κ2) is 10.1. The van der Waals surface area contributed by atoms with Crippen LogP contribution in [0.15, 0.2) is 42.5 Å². The topological polar surface area (TPSA) is 44.5 Å². The molecule has 0 aromatic heterocycles. The van der Waals surface area contributed by atoms with Gasteiger partial charge in [0, 0.05) is 5.92 Å². The third kappa shape index (κ3) is 5.79. The molecule has 0 fully saturated rings. The summed E-state index contributed by atoms with van der Waals surface area (Å²) >= 11 is 0. The highest BCUT2D eigenvalue weighted by atomic mass is 16.5. The molecule has 0 amide bonds. The Kier molecular flexibility index (Phi) is 7.80. The molecule has 1 unspecified atom stereocenters. The second-order valence-corrected chi connectivity index (χ2v) is 6.51. The standard InChI is InChI=1S/C22H31NO2/c1-4-11-24-21-8-6-7-18(15-21)14-20(16-23)19-9-10-22(17(3)13-19)25-12-5-2/h6-10,13,15,20H,4-5,11-12,14,16,23H2,1-3H3. The predicted molar refractivity (Wildman–Crippen MR) is 105 cm³/mol. The van der Waals surface area contributed by atoms with Gasteiger partial charge in [-0.1, -0.05) is 38.1 Å². The molecule has 0 aliphatic rings. The number of aryl methyl sites for hydroxylation is 1. The SMILES string of the molecule is CCCOc1cccc(CC(CN)c2ccc(OCCC)c(C)c2)c1. The maximum absolute atomic E-state index is 6.08. The van der Waals surface area contributed by atoms with Gasteiger partial charge in [-0.15, -0.1) is 0 Å². The van der Waals surface area contributed by atoms with Crippen LogP contribution >= 0.6 is 0 Å². The van der Waals surface area contributed by atoms with Crippen LogP contribution in [-0.4, -0.2) is 19.8 Å². The molecular formula is C22H31NO2. The van der Waals surface area contributed by atoms with Gasteiger partial charge in [0.1, 0.15) is 11.5 Å². The van der Waals surface area contributed by atoms with Gasteiger partial charge in [0.15, 0.2) is 0 Å². The van der Waals surface area contributed by atoms with Gasteiger partial charge in [0.25, 0.3) is 0 Å². The van der Waals surface area contributed by atoms with E-state index in [-0.39, 0.29) is 0 Å². The summed E-state index contributed by atoms with van der Waals surface area (Å²) in [7, 11) is 0. The Balaban J connectivity index is 2.10. The van der Waals surface area contributed by atoms with Crippen LogP contribution in [0.1, 0.15) is 49.3 Å². The zero-order chi connectivity index (χ0) is 18.1. The van der Waals surface area contributed by atoms with Crippen molar-refractivity contribution in [2.45, 2.75) is 46.0 Å². The zero-order valence-electron chi connectivity index (χ0n) is 15.8. The number of hydrogen-bond donors (Lipinski definition) is 1. The molecule has 2 aromatic rings. The van der Waals surface area contributed by atoms with Gasteiger partial charge in [-0.25, -0.2) is 0 Å². The van der Waals surface area contributed by atoms with E-state index in [1.165, 1.54) is 16.7 Å². The monoisotopic (exact) mass is 341 g/mol. The summed E-state index contributed by atoms with van der Waals surface area (Å²) in [5, 5.41) is 0. The van der Waals surface area contributed by atoms with Gasteiger partial charge >= 0.3 is 0 Å². The largest absolute Gasteiger partial charge is 0.494 e. The molecule has 0 heterocycles. The molecule has 25 heavy (non-hydrogen) atoms. The van der Waals surface area contributed by atoms with Crippen LogP contribution < -0.4 is 15.2 Å². The van der Waals surface area contributed by atoms with E-state index in [4.69, 9.17) is 15.2 Å². The van der Waals surface area contributed by atoms with Crippen molar-refractivity contribution in [1.82, 2.24) is 0 Å². The number of ether oxygens (including phenoxy) is 2. The van der Waals surface area contributed by atoms with Crippen molar-refractivity contribution < 1.29 is 9.47 Å². The highest BCUT2D eigenvalue weighted by Gasteiger charge is 2.13. The van der Waals surface area contributed by atoms with E-state index in [9.17, 15) is 0 Å². The predicted octanol–water partition coefficient (Wildman–Crippen LogP) is 4.86. The highest BCUT2D eigenvalue weighted by Crippen LogP contribution is 2.27. The molecular weight excluding hydrogens is 310 g/mol. The Labute approximate surface area is 152 Å². The summed E-state index contributed by atoms with van der Waals surface area (Å²) in [4.78, 5) is 0. The maximum Gasteiger partial charge on any atom is 0.122 e. The second-order valence-electron chi connectivity index (χ2n) is 6.51. The Morgan fingerprint density at radius 2 is 1.72 bits per heavy atom. The van der Waals surface area contributed by atoms with E-state index < -0.39 is 0 Å². The summed E-state index contributed by atoms with van der Waals surface area (Å²) in [5.74, 6) is 2.20. The normalized spacial score (nSPS) is 12.0. The van der Waals surface area contributed by atoms with Crippen molar-refractivity contribution in [3.8, 4) is 11.5 Å². The van der Waals surface area contributed by atoms with Crippen LogP contribution in [0.25, 0.3) is 0 Å². The fourth-order valence-corrected chi connectivity index (χ4v) is 2.90. The summed E-state index contributed by atoms with van der Waals surface area (Å²) in [5.41, 5.74) is 9.77. The van der Waals surface area contributed by atoms with Crippen LogP contribution in [-0.2, 0) is 6.42 Å². The van der Waals surface area contributed by atoms with E-state index in [0.717, 1.165) is 44.0 Å². The number of hydrogen-bond acceptors (Lipinski definition) is 3. The van der Waals surface area contributed by atoms with Crippen LogP contribution in [0, 0.1) is 6.92 Å². The summed E-state index contributed by atoms with van der Waals surface area (Å²) in [6.45, 7) is 8.46. The van der Waals surface area contributed by atoms with Gasteiger partial charge < -0.3 is 15.2 Å². The third-order valence-corrected chi connectivity index (χ3v) is 4.27. The summed E-state index contributed by atoms with van der Waals surface area (Å²) in [6, 6.07) is 14.8. The number of benzene rings is 2. The Bertz CT molecular complexity index is 654. The molecule has 3 heteroatoms. The van der Waals surface area contributed by atoms with Crippen molar-refractivity contribution >= 4 is 0 Å². The van der Waals surface area contributed by atoms with Crippen LogP contribution in [0.3, 0.4) is 0 Å². The van der Waals surface area contributed by atoms with E-state index in [1.807, 2.05) is 6.07 Å². The smallest absolute Gasteiger partial charge is 0.122 e. The summed E-state index contributed by atoms with van der Waals surface area (Å²) in [6.07, 6.45) is 2.94. The quantitative estimate of drug-likeness (QED) is 0.671. The van der Waals surface area contributed by atoms with Gasteiger partial charge in [-0.3, -0.25) is 0 Å². The van der Waals surface area contributed by atoms with Crippen molar-refractivity contribution in [2.75, 3.05) is 19.8 Å². The van der Waals surface area contributed by atoms with Gasteiger partial charge in [-0.2, -0.15) is 0 Å². The molecule has 3 nitrogen and oxygen atoms in total. The molecule has 0 bridgehead atoms. The van der Waals surface area contributed by atoms with Crippen LogP contribution in [0.4, 0.5) is 0 Å². The molecule has 2 N–H and O–H groups in total. The molecule has 2 aromatic carbocycles. The molecule has 0 spiro atoms. The minimum atomic E-state index is 0.292. The van der Waals surface area contributed by atoms with Crippen molar-refractivity contribution in [3.05, 3.63) is 59.2 Å². The number of rotatable bonds is 10. The first kappa shape index (κ1) is 19.3. The van der Waals surface area contributed by atoms with Crippen molar-refractivity contribution in [2.24, 2.45) is 5.73 Å². The fraction of sp³-hybridized carbons (Fsp3) is 0.455. The highest BCUT2D eigenvalue weighted by molar-refractivity contribution is 5.39.